The lowest BCUT2D eigenvalue weighted by Crippen LogP contribution is -2.27. The summed E-state index contributed by atoms with van der Waals surface area (Å²) in [6.07, 6.45) is 1.63. The van der Waals surface area contributed by atoms with Gasteiger partial charge < -0.3 is 5.32 Å². The number of benzene rings is 2. The van der Waals surface area contributed by atoms with E-state index in [9.17, 15) is 9.59 Å². The highest BCUT2D eigenvalue weighted by molar-refractivity contribution is 8.00. The smallest absolute Gasteiger partial charge is 0.295 e. The number of para-hydroxylation sites is 2. The number of aromatic nitrogens is 5. The molecule has 8 nitrogen and oxygen atoms in total. The average molecular weight is 449 g/mol. The van der Waals surface area contributed by atoms with Crippen LogP contribution in [0.25, 0.3) is 11.4 Å². The number of thioether (sulfide) groups is 1. The molecule has 2 aromatic carbocycles. The maximum absolute atomic E-state index is 13.1. The first-order valence-corrected chi connectivity index (χ1v) is 11.0. The Balaban J connectivity index is 1.56. The molecule has 2 aromatic heterocycles. The van der Waals surface area contributed by atoms with E-state index < -0.39 is 5.25 Å². The van der Waals surface area contributed by atoms with Crippen LogP contribution in [0.4, 0.5) is 5.69 Å². The molecule has 0 fully saturated rings. The van der Waals surface area contributed by atoms with Crippen LogP contribution >= 0.6 is 11.8 Å². The largest absolute Gasteiger partial charge is 0.319 e. The van der Waals surface area contributed by atoms with Crippen molar-refractivity contribution in [1.29, 1.82) is 0 Å². The highest BCUT2D eigenvalue weighted by Gasteiger charge is 2.23. The van der Waals surface area contributed by atoms with E-state index in [-0.39, 0.29) is 17.2 Å². The van der Waals surface area contributed by atoms with E-state index in [2.05, 4.69) is 15.5 Å². The number of carbonyl (C=O) groups is 1. The Hall–Kier alpha value is -3.59. The number of nitrogens with one attached hydrogen (secondary N) is 1. The topological polar surface area (TPSA) is 86.7 Å². The van der Waals surface area contributed by atoms with Crippen molar-refractivity contribution in [3.05, 3.63) is 82.5 Å². The van der Waals surface area contributed by atoms with Crippen molar-refractivity contribution in [3.8, 4) is 11.4 Å². The van der Waals surface area contributed by atoms with E-state index in [1.54, 1.807) is 25.0 Å². The summed E-state index contributed by atoms with van der Waals surface area (Å²) in [5.74, 6) is -0.277. The van der Waals surface area contributed by atoms with Crippen LogP contribution in [0.15, 0.2) is 70.9 Å². The fourth-order valence-electron chi connectivity index (χ4n) is 3.45. The van der Waals surface area contributed by atoms with Gasteiger partial charge in [-0.3, -0.25) is 18.8 Å². The SMILES string of the molecule is Cc1ccccc1-n1cnnc1SC(C)C(=O)Nc1c(C)n(C)n(-c2ccccc2)c1=O. The summed E-state index contributed by atoms with van der Waals surface area (Å²) >= 11 is 1.29. The summed E-state index contributed by atoms with van der Waals surface area (Å²) in [6, 6.07) is 17.2. The van der Waals surface area contributed by atoms with Crippen molar-refractivity contribution in [2.75, 3.05) is 5.32 Å². The van der Waals surface area contributed by atoms with Crippen molar-refractivity contribution in [3.63, 3.8) is 0 Å². The monoisotopic (exact) mass is 448 g/mol. The van der Waals surface area contributed by atoms with E-state index >= 15 is 0 Å². The second-order valence-corrected chi connectivity index (χ2v) is 8.76. The maximum atomic E-state index is 13.1. The molecule has 0 aliphatic carbocycles. The lowest BCUT2D eigenvalue weighted by Gasteiger charge is -2.13. The number of hydrogen-bond acceptors (Lipinski definition) is 5. The number of carbonyl (C=O) groups excluding carboxylic acids is 1. The summed E-state index contributed by atoms with van der Waals surface area (Å²) < 4.78 is 5.14. The molecule has 32 heavy (non-hydrogen) atoms. The zero-order valence-electron chi connectivity index (χ0n) is 18.3. The first kappa shape index (κ1) is 21.6. The van der Waals surface area contributed by atoms with Crippen molar-refractivity contribution < 1.29 is 4.79 Å². The minimum Gasteiger partial charge on any atom is -0.319 e. The van der Waals surface area contributed by atoms with Crippen LogP contribution < -0.4 is 10.9 Å². The predicted molar refractivity (Wildman–Crippen MR) is 126 cm³/mol. The quantitative estimate of drug-likeness (QED) is 0.456. The molecule has 0 saturated carbocycles. The summed E-state index contributed by atoms with van der Waals surface area (Å²) in [6.45, 7) is 5.60. The van der Waals surface area contributed by atoms with Gasteiger partial charge >= 0.3 is 0 Å². The Kier molecular flexibility index (Phi) is 6.00. The molecule has 164 valence electrons. The zero-order chi connectivity index (χ0) is 22.8. The number of amides is 1. The van der Waals surface area contributed by atoms with Gasteiger partial charge in [-0.25, -0.2) is 4.68 Å². The molecule has 1 N–H and O–H groups in total. The van der Waals surface area contributed by atoms with E-state index in [1.165, 1.54) is 16.4 Å². The third-order valence-electron chi connectivity index (χ3n) is 5.35. The van der Waals surface area contributed by atoms with Gasteiger partial charge in [-0.15, -0.1) is 10.2 Å². The Morgan fingerprint density at radius 2 is 1.75 bits per heavy atom. The molecule has 0 aliphatic heterocycles. The van der Waals surface area contributed by atoms with Crippen LogP contribution in [0.3, 0.4) is 0 Å². The Morgan fingerprint density at radius 1 is 1.06 bits per heavy atom. The van der Waals surface area contributed by atoms with Crippen LogP contribution in [0.5, 0.6) is 0 Å². The van der Waals surface area contributed by atoms with Gasteiger partial charge in [0.1, 0.15) is 12.0 Å². The molecular weight excluding hydrogens is 424 g/mol. The van der Waals surface area contributed by atoms with Crippen molar-refractivity contribution in [1.82, 2.24) is 24.1 Å². The van der Waals surface area contributed by atoms with Gasteiger partial charge in [-0.2, -0.15) is 0 Å². The number of aryl methyl sites for hydroxylation is 1. The van der Waals surface area contributed by atoms with Crippen LogP contribution in [0.2, 0.25) is 0 Å². The minimum absolute atomic E-state index is 0.272. The summed E-state index contributed by atoms with van der Waals surface area (Å²) in [5, 5.41) is 11.1. The number of hydrogen-bond donors (Lipinski definition) is 1. The van der Waals surface area contributed by atoms with Gasteiger partial charge in [0.15, 0.2) is 5.16 Å². The van der Waals surface area contributed by atoms with Gasteiger partial charge in [-0.05, 0) is 44.5 Å². The van der Waals surface area contributed by atoms with Crippen molar-refractivity contribution in [2.45, 2.75) is 31.2 Å². The molecule has 0 radical (unpaired) electrons. The summed E-state index contributed by atoms with van der Waals surface area (Å²) in [7, 11) is 1.79. The van der Waals surface area contributed by atoms with E-state index in [0.717, 1.165) is 16.9 Å². The third kappa shape index (κ3) is 3.99. The molecule has 0 bridgehead atoms. The first-order valence-electron chi connectivity index (χ1n) is 10.2. The van der Waals surface area contributed by atoms with E-state index in [0.29, 0.717) is 10.9 Å². The Bertz CT molecular complexity index is 1320. The molecular formula is C23H24N6O2S. The first-order chi connectivity index (χ1) is 15.4. The predicted octanol–water partition coefficient (Wildman–Crippen LogP) is 3.49. The fraction of sp³-hybridized carbons (Fsp3) is 0.217. The van der Waals surface area contributed by atoms with Gasteiger partial charge in [0.25, 0.3) is 5.56 Å². The number of nitrogens with zero attached hydrogens (tertiary/aromatic N) is 5. The van der Waals surface area contributed by atoms with Crippen LogP contribution in [0.1, 0.15) is 18.2 Å². The van der Waals surface area contributed by atoms with Gasteiger partial charge in [-0.1, -0.05) is 48.2 Å². The van der Waals surface area contributed by atoms with Crippen LogP contribution in [-0.2, 0) is 11.8 Å². The normalized spacial score (nSPS) is 12.0. The van der Waals surface area contributed by atoms with Gasteiger partial charge in [0.05, 0.1) is 22.3 Å². The molecule has 4 rings (SSSR count). The Morgan fingerprint density at radius 3 is 2.47 bits per heavy atom. The molecule has 0 aliphatic rings. The highest BCUT2D eigenvalue weighted by atomic mass is 32.2. The maximum Gasteiger partial charge on any atom is 0.295 e. The second kappa shape index (κ2) is 8.88. The summed E-state index contributed by atoms with van der Waals surface area (Å²) in [4.78, 5) is 26.0. The Labute approximate surface area is 189 Å². The van der Waals surface area contributed by atoms with Crippen molar-refractivity contribution >= 4 is 23.4 Å². The average Bonchev–Trinajstić information content (AvgIpc) is 3.32. The van der Waals surface area contributed by atoms with E-state index in [4.69, 9.17) is 0 Å². The molecule has 1 unspecified atom stereocenters. The van der Waals surface area contributed by atoms with Crippen LogP contribution in [-0.4, -0.2) is 35.3 Å². The zero-order valence-corrected chi connectivity index (χ0v) is 19.1. The number of anilines is 1. The fourth-order valence-corrected chi connectivity index (χ4v) is 4.29. The number of rotatable bonds is 6. The molecule has 9 heteroatoms. The standard InChI is InChI=1S/C23H24N6O2S/c1-15-10-8-9-13-19(15)28-14-24-26-23(28)32-17(3)21(30)25-20-16(2)27(4)29(22(20)31)18-11-6-5-7-12-18/h5-14,17H,1-4H3,(H,25,30). The van der Waals surface area contributed by atoms with Crippen molar-refractivity contribution in [2.24, 2.45) is 7.05 Å². The molecule has 4 aromatic rings. The summed E-state index contributed by atoms with van der Waals surface area (Å²) in [5.41, 5.74) is 3.44. The molecule has 1 atom stereocenters. The molecule has 1 amide bonds. The molecule has 0 saturated heterocycles. The molecule has 2 heterocycles. The minimum atomic E-state index is -0.494. The van der Waals surface area contributed by atoms with E-state index in [1.807, 2.05) is 73.0 Å². The highest BCUT2D eigenvalue weighted by Crippen LogP contribution is 2.26. The van der Waals surface area contributed by atoms with Gasteiger partial charge in [0.2, 0.25) is 5.91 Å². The van der Waals surface area contributed by atoms with Crippen LogP contribution in [0, 0.1) is 13.8 Å². The lowest BCUT2D eigenvalue weighted by molar-refractivity contribution is -0.115. The lowest BCUT2D eigenvalue weighted by atomic mass is 10.2. The third-order valence-corrected chi connectivity index (χ3v) is 6.40. The molecule has 0 spiro atoms. The second-order valence-electron chi connectivity index (χ2n) is 7.46. The van der Waals surface area contributed by atoms with Gasteiger partial charge in [0, 0.05) is 7.05 Å².